The van der Waals surface area contributed by atoms with Crippen molar-refractivity contribution in [2.75, 3.05) is 20.3 Å². The molecular formula is C15H22N2O3. The Bertz CT molecular complexity index is 476. The summed E-state index contributed by atoms with van der Waals surface area (Å²) in [5.74, 6) is 0. The molecule has 110 valence electrons. The number of hydrogen-bond donors (Lipinski definition) is 2. The van der Waals surface area contributed by atoms with Crippen molar-refractivity contribution in [1.29, 1.82) is 0 Å². The lowest BCUT2D eigenvalue weighted by Gasteiger charge is -2.34. The van der Waals surface area contributed by atoms with Crippen LogP contribution in [-0.2, 0) is 24.2 Å². The summed E-state index contributed by atoms with van der Waals surface area (Å²) >= 11 is 0. The number of aliphatic hydroxyl groups excluding tert-OH is 1. The number of benzene rings is 1. The van der Waals surface area contributed by atoms with Crippen molar-refractivity contribution in [3.8, 4) is 0 Å². The van der Waals surface area contributed by atoms with E-state index in [2.05, 4.69) is 23.5 Å². The second kappa shape index (κ2) is 6.72. The van der Waals surface area contributed by atoms with E-state index < -0.39 is 0 Å². The van der Waals surface area contributed by atoms with Gasteiger partial charge in [-0.1, -0.05) is 18.2 Å². The van der Waals surface area contributed by atoms with Gasteiger partial charge in [0.2, 0.25) is 0 Å². The van der Waals surface area contributed by atoms with E-state index in [-0.39, 0.29) is 18.7 Å². The zero-order valence-electron chi connectivity index (χ0n) is 12.1. The van der Waals surface area contributed by atoms with E-state index in [1.54, 1.807) is 4.90 Å². The van der Waals surface area contributed by atoms with Crippen LogP contribution in [0, 0.1) is 0 Å². The highest BCUT2D eigenvalue weighted by Gasteiger charge is 2.27. The zero-order valence-corrected chi connectivity index (χ0v) is 12.1. The first-order valence-corrected chi connectivity index (χ1v) is 6.92. The van der Waals surface area contributed by atoms with Crippen molar-refractivity contribution in [1.82, 2.24) is 10.2 Å². The molecule has 0 bridgehead atoms. The summed E-state index contributed by atoms with van der Waals surface area (Å²) in [7, 11) is 1.42. The molecule has 1 unspecified atom stereocenters. The maximum Gasteiger partial charge on any atom is 0.410 e. The SMILES string of the molecule is COC(=O)N1Cc2ccc(CNCCO)cc2CC1C. The van der Waals surface area contributed by atoms with Crippen molar-refractivity contribution < 1.29 is 14.6 Å². The molecule has 1 atom stereocenters. The van der Waals surface area contributed by atoms with Gasteiger partial charge in [-0.15, -0.1) is 0 Å². The number of ether oxygens (including phenoxy) is 1. The predicted molar refractivity (Wildman–Crippen MR) is 76.3 cm³/mol. The Kier molecular flexibility index (Phi) is 4.98. The number of methoxy groups -OCH3 is 1. The van der Waals surface area contributed by atoms with Crippen LogP contribution in [0.25, 0.3) is 0 Å². The highest BCUT2D eigenvalue weighted by Crippen LogP contribution is 2.24. The van der Waals surface area contributed by atoms with Crippen LogP contribution in [0.1, 0.15) is 23.6 Å². The molecule has 0 fully saturated rings. The van der Waals surface area contributed by atoms with Crippen molar-refractivity contribution >= 4 is 6.09 Å². The second-order valence-corrected chi connectivity index (χ2v) is 5.15. The monoisotopic (exact) mass is 278 g/mol. The summed E-state index contributed by atoms with van der Waals surface area (Å²) in [5.41, 5.74) is 3.68. The van der Waals surface area contributed by atoms with Crippen LogP contribution >= 0.6 is 0 Å². The Balaban J connectivity index is 2.09. The van der Waals surface area contributed by atoms with Crippen LogP contribution < -0.4 is 5.32 Å². The summed E-state index contributed by atoms with van der Waals surface area (Å²) in [5, 5.41) is 11.9. The van der Waals surface area contributed by atoms with Gasteiger partial charge in [0.1, 0.15) is 0 Å². The summed E-state index contributed by atoms with van der Waals surface area (Å²) in [6.45, 7) is 4.15. The van der Waals surface area contributed by atoms with Crippen LogP contribution in [-0.4, -0.2) is 42.4 Å². The van der Waals surface area contributed by atoms with Crippen molar-refractivity contribution in [3.05, 3.63) is 34.9 Å². The molecule has 2 N–H and O–H groups in total. The third-order valence-corrected chi connectivity index (χ3v) is 3.69. The first-order valence-electron chi connectivity index (χ1n) is 6.92. The first kappa shape index (κ1) is 14.8. The molecule has 0 aromatic heterocycles. The van der Waals surface area contributed by atoms with Crippen LogP contribution in [0.15, 0.2) is 18.2 Å². The number of aliphatic hydroxyl groups is 1. The molecule has 0 radical (unpaired) electrons. The van der Waals surface area contributed by atoms with Gasteiger partial charge in [-0.25, -0.2) is 4.79 Å². The highest BCUT2D eigenvalue weighted by molar-refractivity contribution is 5.68. The average molecular weight is 278 g/mol. The number of amides is 1. The molecule has 1 aromatic rings. The normalized spacial score (nSPS) is 17.8. The fourth-order valence-corrected chi connectivity index (χ4v) is 2.57. The smallest absolute Gasteiger partial charge is 0.410 e. The lowest BCUT2D eigenvalue weighted by Crippen LogP contribution is -2.42. The summed E-state index contributed by atoms with van der Waals surface area (Å²) in [6.07, 6.45) is 0.579. The van der Waals surface area contributed by atoms with E-state index in [1.165, 1.54) is 23.8 Å². The molecule has 0 saturated heterocycles. The largest absolute Gasteiger partial charge is 0.453 e. The van der Waals surface area contributed by atoms with Crippen LogP contribution in [0.5, 0.6) is 0 Å². The number of fused-ring (bicyclic) bond motifs is 1. The topological polar surface area (TPSA) is 61.8 Å². The Labute approximate surface area is 119 Å². The molecule has 1 aliphatic rings. The fourth-order valence-electron chi connectivity index (χ4n) is 2.57. The summed E-state index contributed by atoms with van der Waals surface area (Å²) < 4.78 is 4.82. The van der Waals surface area contributed by atoms with Gasteiger partial charge in [0.15, 0.2) is 0 Å². The summed E-state index contributed by atoms with van der Waals surface area (Å²) in [4.78, 5) is 13.5. The molecule has 1 heterocycles. The maximum atomic E-state index is 11.7. The van der Waals surface area contributed by atoms with Crippen molar-refractivity contribution in [3.63, 3.8) is 0 Å². The molecule has 0 saturated carbocycles. The summed E-state index contributed by atoms with van der Waals surface area (Å²) in [6, 6.07) is 6.47. The van der Waals surface area contributed by atoms with Gasteiger partial charge in [-0.2, -0.15) is 0 Å². The number of hydrogen-bond acceptors (Lipinski definition) is 4. The lowest BCUT2D eigenvalue weighted by atomic mass is 9.93. The molecule has 5 nitrogen and oxygen atoms in total. The number of carbonyl (C=O) groups is 1. The molecule has 0 spiro atoms. The Morgan fingerprint density at radius 3 is 3.00 bits per heavy atom. The fraction of sp³-hybridized carbons (Fsp3) is 0.533. The molecular weight excluding hydrogens is 256 g/mol. The third kappa shape index (κ3) is 3.29. The minimum atomic E-state index is -0.267. The predicted octanol–water partition coefficient (Wildman–Crippen LogP) is 1.28. The van der Waals surface area contributed by atoms with Gasteiger partial charge < -0.3 is 20.1 Å². The quantitative estimate of drug-likeness (QED) is 0.815. The van der Waals surface area contributed by atoms with Crippen LogP contribution in [0.3, 0.4) is 0 Å². The minimum Gasteiger partial charge on any atom is -0.453 e. The Hall–Kier alpha value is -1.59. The van der Waals surface area contributed by atoms with Gasteiger partial charge in [-0.05, 0) is 30.0 Å². The first-order chi connectivity index (χ1) is 9.65. The van der Waals surface area contributed by atoms with Crippen LogP contribution in [0.2, 0.25) is 0 Å². The highest BCUT2D eigenvalue weighted by atomic mass is 16.5. The van der Waals surface area contributed by atoms with E-state index in [0.717, 1.165) is 13.0 Å². The van der Waals surface area contributed by atoms with Gasteiger partial charge in [0.25, 0.3) is 0 Å². The molecule has 5 heteroatoms. The average Bonchev–Trinajstić information content (AvgIpc) is 2.46. The Morgan fingerprint density at radius 1 is 1.50 bits per heavy atom. The number of nitrogens with one attached hydrogen (secondary N) is 1. The van der Waals surface area contributed by atoms with Gasteiger partial charge in [0.05, 0.1) is 13.7 Å². The van der Waals surface area contributed by atoms with Crippen molar-refractivity contribution in [2.24, 2.45) is 0 Å². The minimum absolute atomic E-state index is 0.149. The molecule has 1 aliphatic heterocycles. The lowest BCUT2D eigenvalue weighted by molar-refractivity contribution is 0.100. The Morgan fingerprint density at radius 2 is 2.30 bits per heavy atom. The van der Waals surface area contributed by atoms with Gasteiger partial charge in [0, 0.05) is 25.7 Å². The number of carbonyl (C=O) groups excluding carboxylic acids is 1. The number of nitrogens with zero attached hydrogens (tertiary/aromatic N) is 1. The molecule has 2 rings (SSSR count). The van der Waals surface area contributed by atoms with E-state index >= 15 is 0 Å². The molecule has 20 heavy (non-hydrogen) atoms. The molecule has 1 amide bonds. The van der Waals surface area contributed by atoms with E-state index in [1.807, 2.05) is 6.92 Å². The van der Waals surface area contributed by atoms with Crippen molar-refractivity contribution in [2.45, 2.75) is 32.5 Å². The zero-order chi connectivity index (χ0) is 14.5. The molecule has 0 aliphatic carbocycles. The van der Waals surface area contributed by atoms with Gasteiger partial charge >= 0.3 is 6.09 Å². The number of rotatable bonds is 4. The third-order valence-electron chi connectivity index (χ3n) is 3.69. The van der Waals surface area contributed by atoms with E-state index in [0.29, 0.717) is 13.1 Å². The van der Waals surface area contributed by atoms with Crippen LogP contribution in [0.4, 0.5) is 4.79 Å². The standard InChI is InChI=1S/C15H22N2O3/c1-11-7-14-8-12(9-16-5-6-18)3-4-13(14)10-17(11)15(19)20-2/h3-4,8,11,16,18H,5-7,9-10H2,1-2H3. The second-order valence-electron chi connectivity index (χ2n) is 5.15. The maximum absolute atomic E-state index is 11.7. The van der Waals surface area contributed by atoms with Gasteiger partial charge in [-0.3, -0.25) is 0 Å². The molecule has 1 aromatic carbocycles. The van der Waals surface area contributed by atoms with E-state index in [9.17, 15) is 4.79 Å². The van der Waals surface area contributed by atoms with E-state index in [4.69, 9.17) is 9.84 Å².